The minimum absolute atomic E-state index is 0.152. The fourth-order valence-electron chi connectivity index (χ4n) is 3.85. The number of nitrogens with zero attached hydrogens (tertiary/aromatic N) is 1. The van der Waals surface area contributed by atoms with Crippen molar-refractivity contribution in [3.63, 3.8) is 0 Å². The molecule has 2 N–H and O–H groups in total. The molecule has 2 aliphatic carbocycles. The van der Waals surface area contributed by atoms with Crippen molar-refractivity contribution in [1.29, 1.82) is 0 Å². The number of benzene rings is 2. The Hall–Kier alpha value is -2.72. The third-order valence-electron chi connectivity index (χ3n) is 5.95. The zero-order valence-corrected chi connectivity index (χ0v) is 15.9. The topological polar surface area (TPSA) is 57.8 Å². The summed E-state index contributed by atoms with van der Waals surface area (Å²) in [5.41, 5.74) is 5.22. The fourth-order valence-corrected chi connectivity index (χ4v) is 3.85. The van der Waals surface area contributed by atoms with E-state index in [2.05, 4.69) is 39.8 Å². The second-order valence-electron chi connectivity index (χ2n) is 8.19. The summed E-state index contributed by atoms with van der Waals surface area (Å²) < 4.78 is 0. The lowest BCUT2D eigenvalue weighted by molar-refractivity contribution is 0.0993. The lowest BCUT2D eigenvalue weighted by Gasteiger charge is -2.06. The van der Waals surface area contributed by atoms with Gasteiger partial charge in [-0.3, -0.25) is 9.89 Å². The number of H-pyrrole nitrogens is 1. The molecule has 0 aliphatic heterocycles. The molecule has 2 saturated carbocycles. The van der Waals surface area contributed by atoms with Crippen LogP contribution in [0, 0.1) is 5.92 Å². The smallest absolute Gasteiger partial charge is 0.167 e. The first-order chi connectivity index (χ1) is 13.8. The van der Waals surface area contributed by atoms with Crippen LogP contribution >= 0.6 is 0 Å². The van der Waals surface area contributed by atoms with E-state index < -0.39 is 0 Å². The van der Waals surface area contributed by atoms with Crippen LogP contribution in [0.5, 0.6) is 0 Å². The predicted octanol–water partition coefficient (Wildman–Crippen LogP) is 4.36. The summed E-state index contributed by atoms with van der Waals surface area (Å²) in [7, 11) is 0. The number of rotatable bonds is 8. The standard InChI is InChI=1S/C24H25N3O/c28-24(20-9-7-19(8-10-20)22-11-12-26-27-22)13-16-3-5-18(6-4-16)21-14-23(21)25-15-17-1-2-17/h3-12,17,21,23,25H,1-2,13-15H2,(H,26,27). The monoisotopic (exact) mass is 371 g/mol. The lowest BCUT2D eigenvalue weighted by Crippen LogP contribution is -2.20. The Labute approximate surface area is 165 Å². The number of carbonyl (C=O) groups is 1. The Morgan fingerprint density at radius 2 is 1.82 bits per heavy atom. The molecular formula is C24H25N3O. The van der Waals surface area contributed by atoms with Crippen molar-refractivity contribution in [2.75, 3.05) is 6.54 Å². The Bertz CT molecular complexity index is 941. The van der Waals surface area contributed by atoms with Crippen molar-refractivity contribution in [3.05, 3.63) is 77.5 Å². The largest absolute Gasteiger partial charge is 0.313 e. The van der Waals surface area contributed by atoms with Gasteiger partial charge in [-0.25, -0.2) is 0 Å². The first-order valence-electron chi connectivity index (χ1n) is 10.2. The van der Waals surface area contributed by atoms with Crippen molar-refractivity contribution in [2.24, 2.45) is 5.92 Å². The average Bonchev–Trinajstić information content (AvgIpc) is 3.64. The van der Waals surface area contributed by atoms with Crippen LogP contribution in [-0.4, -0.2) is 28.6 Å². The van der Waals surface area contributed by atoms with E-state index in [-0.39, 0.29) is 5.78 Å². The Morgan fingerprint density at radius 3 is 2.50 bits per heavy atom. The molecule has 2 aromatic carbocycles. The van der Waals surface area contributed by atoms with E-state index in [1.165, 1.54) is 31.4 Å². The molecule has 3 aromatic rings. The third-order valence-corrected chi connectivity index (χ3v) is 5.95. The molecule has 28 heavy (non-hydrogen) atoms. The highest BCUT2D eigenvalue weighted by Crippen LogP contribution is 2.41. The normalized spacial score (nSPS) is 20.9. The van der Waals surface area contributed by atoms with Gasteiger partial charge in [0.2, 0.25) is 0 Å². The van der Waals surface area contributed by atoms with Crippen molar-refractivity contribution < 1.29 is 4.79 Å². The Balaban J connectivity index is 1.17. The predicted molar refractivity (Wildman–Crippen MR) is 110 cm³/mol. The van der Waals surface area contributed by atoms with Gasteiger partial charge >= 0.3 is 0 Å². The van der Waals surface area contributed by atoms with Crippen LogP contribution in [0.2, 0.25) is 0 Å². The zero-order chi connectivity index (χ0) is 18.9. The SMILES string of the molecule is O=C(Cc1ccc(C2CC2NCC2CC2)cc1)c1ccc(-c2ccn[nH]2)cc1. The molecule has 0 radical (unpaired) electrons. The Kier molecular flexibility index (Phi) is 4.57. The molecule has 0 amide bonds. The summed E-state index contributed by atoms with van der Waals surface area (Å²) in [4.78, 5) is 12.6. The molecule has 2 unspecified atom stereocenters. The van der Waals surface area contributed by atoms with E-state index in [0.717, 1.165) is 28.3 Å². The lowest BCUT2D eigenvalue weighted by atomic mass is 9.99. The van der Waals surface area contributed by atoms with Crippen molar-refractivity contribution in [3.8, 4) is 11.3 Å². The molecule has 0 saturated heterocycles. The van der Waals surface area contributed by atoms with Crippen molar-refractivity contribution >= 4 is 5.78 Å². The van der Waals surface area contributed by atoms with Crippen molar-refractivity contribution in [1.82, 2.24) is 15.5 Å². The molecule has 2 aliphatic rings. The molecule has 4 nitrogen and oxygen atoms in total. The summed E-state index contributed by atoms with van der Waals surface area (Å²) in [5.74, 6) is 1.74. The quantitative estimate of drug-likeness (QED) is 0.579. The van der Waals surface area contributed by atoms with Gasteiger partial charge < -0.3 is 5.32 Å². The van der Waals surface area contributed by atoms with Crippen LogP contribution in [0.1, 0.15) is 46.7 Å². The Morgan fingerprint density at radius 1 is 1.04 bits per heavy atom. The molecule has 5 rings (SSSR count). The molecular weight excluding hydrogens is 346 g/mol. The molecule has 4 heteroatoms. The number of hydrogen-bond acceptors (Lipinski definition) is 3. The summed E-state index contributed by atoms with van der Waals surface area (Å²) in [5, 5.41) is 10.6. The van der Waals surface area contributed by atoms with Crippen LogP contribution in [0.3, 0.4) is 0 Å². The van der Waals surface area contributed by atoms with Crippen LogP contribution in [0.15, 0.2) is 60.8 Å². The maximum atomic E-state index is 12.6. The average molecular weight is 371 g/mol. The molecule has 1 heterocycles. The first-order valence-corrected chi connectivity index (χ1v) is 10.2. The van der Waals surface area contributed by atoms with Crippen LogP contribution in [-0.2, 0) is 6.42 Å². The molecule has 0 spiro atoms. The van der Waals surface area contributed by atoms with Gasteiger partial charge in [-0.1, -0.05) is 48.5 Å². The van der Waals surface area contributed by atoms with E-state index in [1.54, 1.807) is 6.20 Å². The zero-order valence-electron chi connectivity index (χ0n) is 15.9. The number of nitrogens with one attached hydrogen (secondary N) is 2. The third kappa shape index (κ3) is 3.92. The van der Waals surface area contributed by atoms with Gasteiger partial charge in [-0.05, 0) is 54.5 Å². The maximum absolute atomic E-state index is 12.6. The van der Waals surface area contributed by atoms with Crippen molar-refractivity contribution in [2.45, 2.75) is 37.6 Å². The summed E-state index contributed by atoms with van der Waals surface area (Å²) in [6, 6.07) is 18.9. The molecule has 142 valence electrons. The summed E-state index contributed by atoms with van der Waals surface area (Å²) in [6.07, 6.45) is 6.22. The minimum atomic E-state index is 0.152. The number of aromatic amines is 1. The highest BCUT2D eigenvalue weighted by molar-refractivity contribution is 5.97. The summed E-state index contributed by atoms with van der Waals surface area (Å²) in [6.45, 7) is 1.19. The first kappa shape index (κ1) is 17.4. The molecule has 2 atom stereocenters. The van der Waals surface area contributed by atoms with Gasteiger partial charge in [0.15, 0.2) is 5.78 Å². The van der Waals surface area contributed by atoms with Gasteiger partial charge in [0.25, 0.3) is 0 Å². The van der Waals surface area contributed by atoms with Crippen LogP contribution in [0.4, 0.5) is 0 Å². The van der Waals surface area contributed by atoms with E-state index in [4.69, 9.17) is 0 Å². The van der Waals surface area contributed by atoms with Gasteiger partial charge in [0.1, 0.15) is 0 Å². The number of hydrogen-bond donors (Lipinski definition) is 2. The molecule has 0 bridgehead atoms. The van der Waals surface area contributed by atoms with Gasteiger partial charge in [0.05, 0.1) is 5.69 Å². The minimum Gasteiger partial charge on any atom is -0.313 e. The molecule has 1 aromatic heterocycles. The highest BCUT2D eigenvalue weighted by Gasteiger charge is 2.38. The van der Waals surface area contributed by atoms with E-state index in [9.17, 15) is 4.79 Å². The summed E-state index contributed by atoms with van der Waals surface area (Å²) >= 11 is 0. The fraction of sp³-hybridized carbons (Fsp3) is 0.333. The second kappa shape index (κ2) is 7.36. The van der Waals surface area contributed by atoms with Gasteiger partial charge in [-0.15, -0.1) is 0 Å². The van der Waals surface area contributed by atoms with E-state index >= 15 is 0 Å². The highest BCUT2D eigenvalue weighted by atomic mass is 16.1. The van der Waals surface area contributed by atoms with E-state index in [0.29, 0.717) is 18.4 Å². The number of carbonyl (C=O) groups excluding carboxylic acids is 1. The number of Topliss-reactive ketones (excluding diaryl/α,β-unsaturated/α-hetero) is 1. The number of aromatic nitrogens is 2. The van der Waals surface area contributed by atoms with Gasteiger partial charge in [0, 0.05) is 30.1 Å². The van der Waals surface area contributed by atoms with E-state index in [1.807, 2.05) is 30.3 Å². The molecule has 2 fully saturated rings. The van der Waals surface area contributed by atoms with Crippen LogP contribution in [0.25, 0.3) is 11.3 Å². The van der Waals surface area contributed by atoms with Crippen LogP contribution < -0.4 is 5.32 Å². The number of ketones is 1. The van der Waals surface area contributed by atoms with Gasteiger partial charge in [-0.2, -0.15) is 5.10 Å². The maximum Gasteiger partial charge on any atom is 0.167 e. The second-order valence-corrected chi connectivity index (χ2v) is 8.19.